The van der Waals surface area contributed by atoms with Crippen molar-refractivity contribution in [2.24, 2.45) is 10.2 Å². The second-order valence-electron chi connectivity index (χ2n) is 6.21. The van der Waals surface area contributed by atoms with Crippen LogP contribution in [0.1, 0.15) is 11.1 Å². The van der Waals surface area contributed by atoms with Gasteiger partial charge in [0, 0.05) is 17.8 Å². The monoisotopic (exact) mass is 344 g/mol. The number of aryl methyl sites for hydroxylation is 2. The molecule has 0 N–H and O–H groups in total. The number of hydrogen-bond acceptors (Lipinski definition) is 3. The molecule has 0 fully saturated rings. The molecule has 0 unspecified atom stereocenters. The van der Waals surface area contributed by atoms with E-state index in [1.165, 1.54) is 17.7 Å². The Labute approximate surface area is 150 Å². The van der Waals surface area contributed by atoms with Crippen LogP contribution in [0.25, 0.3) is 16.9 Å². The van der Waals surface area contributed by atoms with Gasteiger partial charge < -0.3 is 0 Å². The van der Waals surface area contributed by atoms with Crippen LogP contribution in [0, 0.1) is 19.7 Å². The van der Waals surface area contributed by atoms with Crippen molar-refractivity contribution in [3.63, 3.8) is 0 Å². The number of rotatable bonds is 3. The van der Waals surface area contributed by atoms with E-state index in [1.807, 2.05) is 60.8 Å². The van der Waals surface area contributed by atoms with Crippen molar-refractivity contribution in [3.05, 3.63) is 83.8 Å². The lowest BCUT2D eigenvalue weighted by molar-refractivity contribution is 0.628. The Morgan fingerprint density at radius 1 is 0.923 bits per heavy atom. The first-order chi connectivity index (χ1) is 12.6. The van der Waals surface area contributed by atoms with Crippen molar-refractivity contribution >= 4 is 17.2 Å². The predicted octanol–water partition coefficient (Wildman–Crippen LogP) is 6.17. The van der Waals surface area contributed by atoms with Gasteiger partial charge in [-0.2, -0.15) is 0 Å². The van der Waals surface area contributed by atoms with E-state index in [0.717, 1.165) is 22.5 Å². The van der Waals surface area contributed by atoms with Gasteiger partial charge in [0.2, 0.25) is 0 Å². The fourth-order valence-corrected chi connectivity index (χ4v) is 2.84. The summed E-state index contributed by atoms with van der Waals surface area (Å²) in [6.07, 6.45) is 1.91. The standard InChI is InChI=1S/C21H17FN4/c1-14-8-10-16(11-9-14)19-21(25-24-18-7-3-6-17(22)13-18)26-12-4-5-15(2)20(26)23-19/h3-13H,1-2H3. The average Bonchev–Trinajstić information content (AvgIpc) is 3.01. The highest BCUT2D eigenvalue weighted by Crippen LogP contribution is 2.33. The van der Waals surface area contributed by atoms with Gasteiger partial charge in [-0.05, 0) is 37.6 Å². The third-order valence-corrected chi connectivity index (χ3v) is 4.21. The lowest BCUT2D eigenvalue weighted by Gasteiger charge is -2.01. The summed E-state index contributed by atoms with van der Waals surface area (Å²) >= 11 is 0. The largest absolute Gasteiger partial charge is 0.282 e. The molecule has 2 heterocycles. The molecule has 128 valence electrons. The molecule has 2 aromatic carbocycles. The van der Waals surface area contributed by atoms with Crippen molar-refractivity contribution < 1.29 is 4.39 Å². The molecule has 5 heteroatoms. The van der Waals surface area contributed by atoms with E-state index < -0.39 is 0 Å². The van der Waals surface area contributed by atoms with Gasteiger partial charge in [0.25, 0.3) is 0 Å². The summed E-state index contributed by atoms with van der Waals surface area (Å²) in [6.45, 7) is 4.05. The highest BCUT2D eigenvalue weighted by molar-refractivity contribution is 5.75. The van der Waals surface area contributed by atoms with Crippen LogP contribution in [0.4, 0.5) is 15.9 Å². The van der Waals surface area contributed by atoms with Gasteiger partial charge in [-0.1, -0.05) is 42.0 Å². The Morgan fingerprint density at radius 3 is 2.50 bits per heavy atom. The smallest absolute Gasteiger partial charge is 0.187 e. The summed E-state index contributed by atoms with van der Waals surface area (Å²) in [7, 11) is 0. The fraction of sp³-hybridized carbons (Fsp3) is 0.0952. The zero-order chi connectivity index (χ0) is 18.1. The minimum atomic E-state index is -0.339. The van der Waals surface area contributed by atoms with Crippen molar-refractivity contribution in [2.45, 2.75) is 13.8 Å². The van der Waals surface area contributed by atoms with Crippen LogP contribution in [0.2, 0.25) is 0 Å². The Bertz CT molecular complexity index is 1110. The Balaban J connectivity index is 1.90. The van der Waals surface area contributed by atoms with Crippen molar-refractivity contribution in [2.75, 3.05) is 0 Å². The Hall–Kier alpha value is -3.34. The molecule has 0 saturated carbocycles. The molecule has 4 nitrogen and oxygen atoms in total. The molecule has 0 radical (unpaired) electrons. The molecule has 0 aliphatic carbocycles. The van der Waals surface area contributed by atoms with Crippen LogP contribution in [0.3, 0.4) is 0 Å². The first kappa shape index (κ1) is 16.1. The van der Waals surface area contributed by atoms with Gasteiger partial charge in [-0.3, -0.25) is 4.40 Å². The average molecular weight is 344 g/mol. The summed E-state index contributed by atoms with van der Waals surface area (Å²) in [4.78, 5) is 4.78. The SMILES string of the molecule is Cc1ccc(-c2nc3c(C)cccn3c2N=Nc2cccc(F)c2)cc1. The number of nitrogens with zero attached hydrogens (tertiary/aromatic N) is 4. The minimum Gasteiger partial charge on any atom is -0.282 e. The summed E-state index contributed by atoms with van der Waals surface area (Å²) < 4.78 is 15.3. The van der Waals surface area contributed by atoms with Crippen LogP contribution in [-0.2, 0) is 0 Å². The molecule has 4 aromatic rings. The van der Waals surface area contributed by atoms with Crippen LogP contribution < -0.4 is 0 Å². The topological polar surface area (TPSA) is 42.0 Å². The molecule has 4 rings (SSSR count). The summed E-state index contributed by atoms with van der Waals surface area (Å²) in [5.41, 5.74) is 5.23. The van der Waals surface area contributed by atoms with Crippen molar-refractivity contribution in [1.82, 2.24) is 9.38 Å². The van der Waals surface area contributed by atoms with Crippen LogP contribution >= 0.6 is 0 Å². The van der Waals surface area contributed by atoms with Crippen LogP contribution in [0.5, 0.6) is 0 Å². The molecule has 0 amide bonds. The first-order valence-electron chi connectivity index (χ1n) is 8.34. The molecule has 0 aliphatic heterocycles. The minimum absolute atomic E-state index is 0.339. The number of fused-ring (bicyclic) bond motifs is 1. The van der Waals surface area contributed by atoms with Gasteiger partial charge in [0.1, 0.15) is 17.2 Å². The zero-order valence-electron chi connectivity index (χ0n) is 14.5. The van der Waals surface area contributed by atoms with Gasteiger partial charge in [0.05, 0.1) is 5.69 Å². The van der Waals surface area contributed by atoms with Crippen LogP contribution in [0.15, 0.2) is 77.1 Å². The Kier molecular flexibility index (Phi) is 4.05. The van der Waals surface area contributed by atoms with Gasteiger partial charge in [0.15, 0.2) is 5.82 Å². The number of imidazole rings is 1. The van der Waals surface area contributed by atoms with E-state index in [4.69, 9.17) is 4.98 Å². The molecule has 2 aromatic heterocycles. The number of pyridine rings is 1. The van der Waals surface area contributed by atoms with E-state index in [1.54, 1.807) is 12.1 Å². The molecule has 0 aliphatic rings. The quantitative estimate of drug-likeness (QED) is 0.410. The number of halogens is 1. The second kappa shape index (κ2) is 6.52. The van der Waals surface area contributed by atoms with E-state index in [0.29, 0.717) is 11.5 Å². The van der Waals surface area contributed by atoms with E-state index >= 15 is 0 Å². The van der Waals surface area contributed by atoms with E-state index in [2.05, 4.69) is 10.2 Å². The lowest BCUT2D eigenvalue weighted by atomic mass is 10.1. The number of azo groups is 1. The van der Waals surface area contributed by atoms with Gasteiger partial charge in [-0.15, -0.1) is 10.2 Å². The fourth-order valence-electron chi connectivity index (χ4n) is 2.84. The van der Waals surface area contributed by atoms with Gasteiger partial charge in [-0.25, -0.2) is 9.37 Å². The molecular formula is C21H17FN4. The zero-order valence-corrected chi connectivity index (χ0v) is 14.5. The van der Waals surface area contributed by atoms with E-state index in [-0.39, 0.29) is 5.82 Å². The Morgan fingerprint density at radius 2 is 1.73 bits per heavy atom. The second-order valence-corrected chi connectivity index (χ2v) is 6.21. The maximum Gasteiger partial charge on any atom is 0.187 e. The number of benzene rings is 2. The summed E-state index contributed by atoms with van der Waals surface area (Å²) in [5.74, 6) is 0.283. The highest BCUT2D eigenvalue weighted by atomic mass is 19.1. The number of aromatic nitrogens is 2. The van der Waals surface area contributed by atoms with Crippen molar-refractivity contribution in [3.8, 4) is 11.3 Å². The maximum atomic E-state index is 13.4. The molecule has 0 atom stereocenters. The van der Waals surface area contributed by atoms with E-state index in [9.17, 15) is 4.39 Å². The predicted molar refractivity (Wildman–Crippen MR) is 101 cm³/mol. The molecule has 0 saturated heterocycles. The molecular weight excluding hydrogens is 327 g/mol. The molecule has 0 bridgehead atoms. The summed E-state index contributed by atoms with van der Waals surface area (Å²) in [6, 6.07) is 18.1. The highest BCUT2D eigenvalue weighted by Gasteiger charge is 2.15. The maximum absolute atomic E-state index is 13.4. The first-order valence-corrected chi connectivity index (χ1v) is 8.34. The van der Waals surface area contributed by atoms with Crippen LogP contribution in [-0.4, -0.2) is 9.38 Å². The lowest BCUT2D eigenvalue weighted by Crippen LogP contribution is -1.85. The molecule has 26 heavy (non-hydrogen) atoms. The molecule has 0 spiro atoms. The van der Waals surface area contributed by atoms with Crippen molar-refractivity contribution in [1.29, 1.82) is 0 Å². The summed E-state index contributed by atoms with van der Waals surface area (Å²) in [5, 5.41) is 8.62. The number of hydrogen-bond donors (Lipinski definition) is 0. The third kappa shape index (κ3) is 2.99. The van der Waals surface area contributed by atoms with Gasteiger partial charge >= 0.3 is 0 Å². The normalized spacial score (nSPS) is 11.5. The third-order valence-electron chi connectivity index (χ3n) is 4.21.